The zero-order valence-corrected chi connectivity index (χ0v) is 10.2. The summed E-state index contributed by atoms with van der Waals surface area (Å²) >= 11 is 6.62. The highest BCUT2D eigenvalue weighted by atomic mass is 79.9. The molecule has 72 valence electrons. The number of hydrogen-bond donors (Lipinski definition) is 2. The summed E-state index contributed by atoms with van der Waals surface area (Å²) in [6.45, 7) is 1.66. The number of aliphatic hydroxyl groups excluding tert-OH is 1. The Balaban J connectivity index is 3.07. The first-order chi connectivity index (χ1) is 6.04. The summed E-state index contributed by atoms with van der Waals surface area (Å²) in [6, 6.07) is 1.39. The SMILES string of the molecule is CC(O)C(N)c1ccnc(Br)c1Br. The first kappa shape index (κ1) is 11.1. The number of halogens is 2. The number of aromatic nitrogens is 1. The van der Waals surface area contributed by atoms with Gasteiger partial charge < -0.3 is 10.8 Å². The van der Waals surface area contributed by atoms with Crippen LogP contribution in [0.15, 0.2) is 21.3 Å². The Morgan fingerprint density at radius 2 is 2.15 bits per heavy atom. The van der Waals surface area contributed by atoms with Gasteiger partial charge in [0.15, 0.2) is 0 Å². The van der Waals surface area contributed by atoms with Crippen LogP contribution < -0.4 is 5.73 Å². The van der Waals surface area contributed by atoms with E-state index in [-0.39, 0.29) is 0 Å². The second-order valence-electron chi connectivity index (χ2n) is 2.77. The molecule has 3 nitrogen and oxygen atoms in total. The third-order valence-electron chi connectivity index (χ3n) is 1.76. The molecule has 0 saturated heterocycles. The Hall–Kier alpha value is 0.0300. The van der Waals surface area contributed by atoms with Crippen molar-refractivity contribution in [3.05, 3.63) is 26.9 Å². The van der Waals surface area contributed by atoms with Gasteiger partial charge in [-0.3, -0.25) is 0 Å². The van der Waals surface area contributed by atoms with Crippen molar-refractivity contribution in [2.75, 3.05) is 0 Å². The molecule has 5 heteroatoms. The fraction of sp³-hybridized carbons (Fsp3) is 0.375. The molecule has 3 N–H and O–H groups in total. The van der Waals surface area contributed by atoms with E-state index in [1.54, 1.807) is 19.2 Å². The summed E-state index contributed by atoms with van der Waals surface area (Å²) in [6.07, 6.45) is 1.07. The van der Waals surface area contributed by atoms with Crippen LogP contribution in [0.3, 0.4) is 0 Å². The van der Waals surface area contributed by atoms with Crippen molar-refractivity contribution in [3.63, 3.8) is 0 Å². The van der Waals surface area contributed by atoms with Gasteiger partial charge in [0.1, 0.15) is 4.60 Å². The second kappa shape index (κ2) is 4.50. The molecule has 2 unspecified atom stereocenters. The van der Waals surface area contributed by atoms with Crippen molar-refractivity contribution in [3.8, 4) is 0 Å². The first-order valence-corrected chi connectivity index (χ1v) is 5.36. The lowest BCUT2D eigenvalue weighted by molar-refractivity contribution is 0.164. The van der Waals surface area contributed by atoms with Gasteiger partial charge in [-0.15, -0.1) is 0 Å². The molecule has 0 bridgehead atoms. The van der Waals surface area contributed by atoms with Gasteiger partial charge in [-0.2, -0.15) is 0 Å². The lowest BCUT2D eigenvalue weighted by atomic mass is 10.1. The molecule has 1 aromatic rings. The van der Waals surface area contributed by atoms with Gasteiger partial charge >= 0.3 is 0 Å². The summed E-state index contributed by atoms with van der Waals surface area (Å²) in [5.74, 6) is 0. The van der Waals surface area contributed by atoms with Gasteiger partial charge in [0.05, 0.1) is 16.6 Å². The summed E-state index contributed by atoms with van der Waals surface area (Å²) in [5, 5.41) is 9.31. The average Bonchev–Trinajstić information content (AvgIpc) is 2.08. The Morgan fingerprint density at radius 1 is 1.54 bits per heavy atom. The van der Waals surface area contributed by atoms with Crippen LogP contribution in [-0.4, -0.2) is 16.2 Å². The highest BCUT2D eigenvalue weighted by Crippen LogP contribution is 2.29. The minimum absolute atomic E-state index is 0.395. The van der Waals surface area contributed by atoms with Crippen molar-refractivity contribution < 1.29 is 5.11 Å². The molecule has 0 aliphatic heterocycles. The monoisotopic (exact) mass is 308 g/mol. The highest BCUT2D eigenvalue weighted by Gasteiger charge is 2.16. The largest absolute Gasteiger partial charge is 0.391 e. The maximum absolute atomic E-state index is 9.31. The molecule has 0 fully saturated rings. The van der Waals surface area contributed by atoms with Gasteiger partial charge in [-0.25, -0.2) is 4.98 Å². The van der Waals surface area contributed by atoms with E-state index in [0.29, 0.717) is 4.60 Å². The molecule has 0 aliphatic carbocycles. The smallest absolute Gasteiger partial charge is 0.120 e. The molecule has 0 spiro atoms. The molecular formula is C8H10Br2N2O. The van der Waals surface area contributed by atoms with Crippen molar-refractivity contribution in [2.24, 2.45) is 5.73 Å². The van der Waals surface area contributed by atoms with E-state index in [0.717, 1.165) is 10.0 Å². The molecule has 0 aromatic carbocycles. The van der Waals surface area contributed by atoms with Crippen LogP contribution in [0.5, 0.6) is 0 Å². The molecule has 2 atom stereocenters. The van der Waals surface area contributed by atoms with E-state index >= 15 is 0 Å². The van der Waals surface area contributed by atoms with Crippen molar-refractivity contribution >= 4 is 31.9 Å². The van der Waals surface area contributed by atoms with Crippen LogP contribution >= 0.6 is 31.9 Å². The van der Waals surface area contributed by atoms with Gasteiger partial charge in [0.25, 0.3) is 0 Å². The molecule has 0 aliphatic rings. The van der Waals surface area contributed by atoms with Crippen LogP contribution in [0.1, 0.15) is 18.5 Å². The Morgan fingerprint density at radius 3 is 2.69 bits per heavy atom. The Kier molecular flexibility index (Phi) is 3.85. The van der Waals surface area contributed by atoms with Crippen LogP contribution in [-0.2, 0) is 0 Å². The molecule has 1 heterocycles. The maximum Gasteiger partial charge on any atom is 0.120 e. The lowest BCUT2D eigenvalue weighted by Gasteiger charge is -2.16. The van der Waals surface area contributed by atoms with Crippen LogP contribution in [0.2, 0.25) is 0 Å². The maximum atomic E-state index is 9.31. The molecular weight excluding hydrogens is 300 g/mol. The van der Waals surface area contributed by atoms with Crippen LogP contribution in [0, 0.1) is 0 Å². The molecule has 13 heavy (non-hydrogen) atoms. The molecule has 1 aromatic heterocycles. The van der Waals surface area contributed by atoms with Gasteiger partial charge in [-0.05, 0) is 50.4 Å². The molecule has 0 saturated carbocycles. The van der Waals surface area contributed by atoms with Crippen molar-refractivity contribution in [1.29, 1.82) is 0 Å². The van der Waals surface area contributed by atoms with Crippen LogP contribution in [0.25, 0.3) is 0 Å². The van der Waals surface area contributed by atoms with E-state index in [1.165, 1.54) is 0 Å². The quantitative estimate of drug-likeness (QED) is 0.821. The predicted molar refractivity (Wildman–Crippen MR) is 58.2 cm³/mol. The minimum Gasteiger partial charge on any atom is -0.391 e. The zero-order valence-electron chi connectivity index (χ0n) is 7.04. The fourth-order valence-electron chi connectivity index (χ4n) is 0.949. The first-order valence-electron chi connectivity index (χ1n) is 3.77. The number of pyridine rings is 1. The molecule has 0 amide bonds. The van der Waals surface area contributed by atoms with Gasteiger partial charge in [0.2, 0.25) is 0 Å². The molecule has 1 rings (SSSR count). The van der Waals surface area contributed by atoms with E-state index in [4.69, 9.17) is 5.73 Å². The lowest BCUT2D eigenvalue weighted by Crippen LogP contribution is -2.23. The summed E-state index contributed by atoms with van der Waals surface area (Å²) in [4.78, 5) is 4.01. The Bertz CT molecular complexity index is 304. The normalized spacial score (nSPS) is 15.5. The summed E-state index contributed by atoms with van der Waals surface area (Å²) < 4.78 is 1.49. The molecule has 0 radical (unpaired) electrons. The standard InChI is InChI=1S/C8H10Br2N2O/c1-4(13)7(11)5-2-3-12-8(10)6(5)9/h2-4,7,13H,11H2,1H3. The highest BCUT2D eigenvalue weighted by molar-refractivity contribution is 9.13. The minimum atomic E-state index is -0.578. The van der Waals surface area contributed by atoms with E-state index < -0.39 is 12.1 Å². The van der Waals surface area contributed by atoms with Gasteiger partial charge in [0, 0.05) is 6.20 Å². The van der Waals surface area contributed by atoms with Crippen molar-refractivity contribution in [1.82, 2.24) is 4.98 Å². The van der Waals surface area contributed by atoms with E-state index in [1.807, 2.05) is 0 Å². The topological polar surface area (TPSA) is 59.1 Å². The Labute approximate surface area is 93.6 Å². The second-order valence-corrected chi connectivity index (χ2v) is 4.32. The number of rotatable bonds is 2. The van der Waals surface area contributed by atoms with Crippen LogP contribution in [0.4, 0.5) is 0 Å². The number of hydrogen-bond acceptors (Lipinski definition) is 3. The number of nitrogens with zero attached hydrogens (tertiary/aromatic N) is 1. The number of nitrogens with two attached hydrogens (primary N) is 1. The summed E-state index contributed by atoms with van der Waals surface area (Å²) in [5.41, 5.74) is 6.62. The summed E-state index contributed by atoms with van der Waals surface area (Å²) in [7, 11) is 0. The third-order valence-corrected chi connectivity index (χ3v) is 3.72. The van der Waals surface area contributed by atoms with E-state index in [2.05, 4.69) is 36.8 Å². The average molecular weight is 310 g/mol. The fourth-order valence-corrected chi connectivity index (χ4v) is 1.80. The predicted octanol–water partition coefficient (Wildman–Crippen LogP) is 1.99. The third kappa shape index (κ3) is 2.49. The zero-order chi connectivity index (χ0) is 10.0. The van der Waals surface area contributed by atoms with E-state index in [9.17, 15) is 5.11 Å². The number of aliphatic hydroxyl groups is 1. The van der Waals surface area contributed by atoms with Gasteiger partial charge in [-0.1, -0.05) is 0 Å². The van der Waals surface area contributed by atoms with Crippen molar-refractivity contribution in [2.45, 2.75) is 19.1 Å².